The summed E-state index contributed by atoms with van der Waals surface area (Å²) in [7, 11) is -0.290. The minimum Gasteiger partial charge on any atom is -0.465 e. The SMILES string of the molecule is COC(=O)c1c(C)cccc1CC[C@@H]1C=C[C@H](O[Si](C)(C)C(C)(C)C)C1. The van der Waals surface area contributed by atoms with Crippen LogP contribution in [0.15, 0.2) is 30.4 Å². The van der Waals surface area contributed by atoms with Crippen LogP contribution in [0.2, 0.25) is 18.1 Å². The first-order chi connectivity index (χ1) is 12.0. The molecule has 4 heteroatoms. The van der Waals surface area contributed by atoms with E-state index in [4.69, 9.17) is 9.16 Å². The number of methoxy groups -OCH3 is 1. The topological polar surface area (TPSA) is 35.5 Å². The van der Waals surface area contributed by atoms with E-state index in [1.807, 2.05) is 25.1 Å². The maximum atomic E-state index is 12.1. The highest BCUT2D eigenvalue weighted by Crippen LogP contribution is 2.39. The Labute approximate surface area is 159 Å². The van der Waals surface area contributed by atoms with E-state index in [9.17, 15) is 4.79 Å². The molecule has 3 nitrogen and oxygen atoms in total. The molecule has 0 bridgehead atoms. The summed E-state index contributed by atoms with van der Waals surface area (Å²) >= 11 is 0. The van der Waals surface area contributed by atoms with Gasteiger partial charge in [-0.05, 0) is 61.4 Å². The van der Waals surface area contributed by atoms with Gasteiger partial charge < -0.3 is 9.16 Å². The lowest BCUT2D eigenvalue weighted by atomic mass is 9.94. The molecule has 0 aromatic heterocycles. The van der Waals surface area contributed by atoms with E-state index >= 15 is 0 Å². The first-order valence-electron chi connectivity index (χ1n) is 9.58. The Balaban J connectivity index is 1.96. The Morgan fingerprint density at radius 2 is 1.92 bits per heavy atom. The normalized spacial score (nSPS) is 20.4. The molecule has 26 heavy (non-hydrogen) atoms. The molecule has 1 aromatic rings. The number of carbonyl (C=O) groups excluding carboxylic acids is 1. The molecule has 2 rings (SSSR count). The molecular weight excluding hydrogens is 340 g/mol. The van der Waals surface area contributed by atoms with Crippen molar-refractivity contribution < 1.29 is 14.0 Å². The van der Waals surface area contributed by atoms with Crippen LogP contribution >= 0.6 is 0 Å². The molecule has 1 aromatic carbocycles. The summed E-state index contributed by atoms with van der Waals surface area (Å²) in [5, 5.41) is 0.232. The zero-order valence-electron chi connectivity index (χ0n) is 17.4. The Bertz CT molecular complexity index is 670. The lowest BCUT2D eigenvalue weighted by Crippen LogP contribution is -2.43. The molecule has 0 saturated heterocycles. The van der Waals surface area contributed by atoms with Gasteiger partial charge >= 0.3 is 5.97 Å². The van der Waals surface area contributed by atoms with Gasteiger partial charge in [0.05, 0.1) is 18.8 Å². The fourth-order valence-electron chi connectivity index (χ4n) is 3.27. The summed E-state index contributed by atoms with van der Waals surface area (Å²) < 4.78 is 11.5. The van der Waals surface area contributed by atoms with Crippen molar-refractivity contribution in [2.75, 3.05) is 7.11 Å². The average Bonchev–Trinajstić information content (AvgIpc) is 2.98. The van der Waals surface area contributed by atoms with Crippen LogP contribution < -0.4 is 0 Å². The second kappa shape index (κ2) is 8.09. The highest BCUT2D eigenvalue weighted by atomic mass is 28.4. The molecule has 0 amide bonds. The number of hydrogen-bond acceptors (Lipinski definition) is 3. The first kappa shape index (κ1) is 20.9. The number of allylic oxidation sites excluding steroid dienone is 1. The van der Waals surface area contributed by atoms with Crippen LogP contribution in [0.25, 0.3) is 0 Å². The van der Waals surface area contributed by atoms with Crippen molar-refractivity contribution >= 4 is 14.3 Å². The van der Waals surface area contributed by atoms with Gasteiger partial charge in [0.25, 0.3) is 0 Å². The minimum absolute atomic E-state index is 0.232. The number of esters is 1. The van der Waals surface area contributed by atoms with Crippen LogP contribution in [0, 0.1) is 12.8 Å². The van der Waals surface area contributed by atoms with Crippen molar-refractivity contribution in [3.8, 4) is 0 Å². The summed E-state index contributed by atoms with van der Waals surface area (Å²) in [4.78, 5) is 12.1. The fraction of sp³-hybridized carbons (Fsp3) is 0.591. The molecule has 0 fully saturated rings. The quantitative estimate of drug-likeness (QED) is 0.365. The van der Waals surface area contributed by atoms with E-state index in [1.54, 1.807) is 0 Å². The minimum atomic E-state index is -1.74. The van der Waals surface area contributed by atoms with Crippen LogP contribution in [0.3, 0.4) is 0 Å². The molecule has 2 atom stereocenters. The van der Waals surface area contributed by atoms with Gasteiger partial charge in [-0.25, -0.2) is 4.79 Å². The van der Waals surface area contributed by atoms with Crippen LogP contribution in [0.4, 0.5) is 0 Å². The number of benzene rings is 1. The summed E-state index contributed by atoms with van der Waals surface area (Å²) in [5.41, 5.74) is 2.79. The largest absolute Gasteiger partial charge is 0.465 e. The molecule has 1 aliphatic rings. The molecule has 0 heterocycles. The van der Waals surface area contributed by atoms with Crippen molar-refractivity contribution in [3.63, 3.8) is 0 Å². The Morgan fingerprint density at radius 1 is 1.23 bits per heavy atom. The molecule has 0 radical (unpaired) electrons. The molecule has 1 aliphatic carbocycles. The van der Waals surface area contributed by atoms with Gasteiger partial charge in [-0.1, -0.05) is 51.1 Å². The number of aryl methyl sites for hydroxylation is 2. The number of ether oxygens (including phenoxy) is 1. The second-order valence-electron chi connectivity index (χ2n) is 8.94. The van der Waals surface area contributed by atoms with Crippen molar-refractivity contribution in [2.24, 2.45) is 5.92 Å². The van der Waals surface area contributed by atoms with Gasteiger partial charge in [-0.2, -0.15) is 0 Å². The van der Waals surface area contributed by atoms with E-state index in [0.29, 0.717) is 5.92 Å². The van der Waals surface area contributed by atoms with Crippen LogP contribution in [0.5, 0.6) is 0 Å². The standard InChI is InChI=1S/C22H34O3Si/c1-16-9-8-10-18(20(16)21(23)24-5)13-11-17-12-14-19(15-17)25-26(6,7)22(2,3)4/h8-10,12,14,17,19H,11,13,15H2,1-7H3/t17-,19+/m1/s1. The molecule has 0 unspecified atom stereocenters. The van der Waals surface area contributed by atoms with Crippen LogP contribution in [0.1, 0.15) is 55.1 Å². The summed E-state index contributed by atoms with van der Waals surface area (Å²) in [6.45, 7) is 13.4. The van der Waals surface area contributed by atoms with Gasteiger partial charge in [0.15, 0.2) is 8.32 Å². The van der Waals surface area contributed by atoms with Crippen LogP contribution in [-0.2, 0) is 15.6 Å². The molecular formula is C22H34O3Si. The summed E-state index contributed by atoms with van der Waals surface area (Å²) in [6, 6.07) is 6.03. The predicted octanol–water partition coefficient (Wildman–Crippen LogP) is 5.68. The number of carbonyl (C=O) groups is 1. The molecule has 0 aliphatic heterocycles. The van der Waals surface area contributed by atoms with Crippen molar-refractivity contribution in [3.05, 3.63) is 47.0 Å². The van der Waals surface area contributed by atoms with Gasteiger partial charge in [0.1, 0.15) is 0 Å². The molecule has 144 valence electrons. The van der Waals surface area contributed by atoms with Gasteiger partial charge in [0.2, 0.25) is 0 Å². The maximum Gasteiger partial charge on any atom is 0.338 e. The third kappa shape index (κ3) is 4.86. The van der Waals surface area contributed by atoms with E-state index < -0.39 is 8.32 Å². The summed E-state index contributed by atoms with van der Waals surface area (Å²) in [6.07, 6.45) is 7.73. The highest BCUT2D eigenvalue weighted by Gasteiger charge is 2.39. The number of hydrogen-bond donors (Lipinski definition) is 0. The second-order valence-corrected chi connectivity index (χ2v) is 13.7. The first-order valence-corrected chi connectivity index (χ1v) is 12.5. The average molecular weight is 375 g/mol. The zero-order valence-corrected chi connectivity index (χ0v) is 18.4. The Morgan fingerprint density at radius 3 is 2.54 bits per heavy atom. The smallest absolute Gasteiger partial charge is 0.338 e. The molecule has 0 saturated carbocycles. The lowest BCUT2D eigenvalue weighted by molar-refractivity contribution is 0.0598. The van der Waals surface area contributed by atoms with Crippen molar-refractivity contribution in [1.29, 1.82) is 0 Å². The van der Waals surface area contributed by atoms with Crippen molar-refractivity contribution in [1.82, 2.24) is 0 Å². The van der Waals surface area contributed by atoms with Gasteiger partial charge in [-0.3, -0.25) is 0 Å². The monoisotopic (exact) mass is 374 g/mol. The third-order valence-corrected chi connectivity index (χ3v) is 10.4. The molecule has 0 spiro atoms. The van der Waals surface area contributed by atoms with Gasteiger partial charge in [-0.15, -0.1) is 0 Å². The maximum absolute atomic E-state index is 12.1. The molecule has 0 N–H and O–H groups in total. The predicted molar refractivity (Wildman–Crippen MR) is 110 cm³/mol. The third-order valence-electron chi connectivity index (χ3n) is 5.92. The lowest BCUT2D eigenvalue weighted by Gasteiger charge is -2.38. The summed E-state index contributed by atoms with van der Waals surface area (Å²) in [5.74, 6) is 0.273. The van der Waals surface area contributed by atoms with Crippen molar-refractivity contribution in [2.45, 2.75) is 71.2 Å². The zero-order chi connectivity index (χ0) is 19.5. The van der Waals surface area contributed by atoms with E-state index in [0.717, 1.165) is 36.0 Å². The van der Waals surface area contributed by atoms with Crippen LogP contribution in [-0.4, -0.2) is 27.5 Å². The Kier molecular flexibility index (Phi) is 6.51. The number of rotatable bonds is 6. The fourth-order valence-corrected chi connectivity index (χ4v) is 4.55. The Hall–Kier alpha value is -1.39. The van der Waals surface area contributed by atoms with E-state index in [1.165, 1.54) is 7.11 Å². The van der Waals surface area contributed by atoms with E-state index in [-0.39, 0.29) is 17.1 Å². The van der Waals surface area contributed by atoms with Gasteiger partial charge in [0, 0.05) is 0 Å². The highest BCUT2D eigenvalue weighted by molar-refractivity contribution is 6.74. The van der Waals surface area contributed by atoms with E-state index in [2.05, 4.69) is 46.0 Å².